The molecular formula is C15H22N2O2S. The molecule has 2 heterocycles. The zero-order chi connectivity index (χ0) is 14.1. The number of nitrogens with zero attached hydrogens (tertiary/aromatic N) is 1. The maximum atomic E-state index is 12.6. The van der Waals surface area contributed by atoms with Crippen LogP contribution in [0.4, 0.5) is 0 Å². The van der Waals surface area contributed by atoms with Crippen LogP contribution in [0.1, 0.15) is 25.7 Å². The van der Waals surface area contributed by atoms with Crippen molar-refractivity contribution in [1.82, 2.24) is 9.62 Å². The largest absolute Gasteiger partial charge is 0.317 e. The average Bonchev–Trinajstić information content (AvgIpc) is 2.49. The van der Waals surface area contributed by atoms with Gasteiger partial charge in [-0.25, -0.2) is 8.42 Å². The molecule has 2 aliphatic rings. The first kappa shape index (κ1) is 14.0. The zero-order valence-electron chi connectivity index (χ0n) is 11.7. The molecule has 3 rings (SSSR count). The molecule has 4 nitrogen and oxygen atoms in total. The first-order chi connectivity index (χ1) is 9.62. The Morgan fingerprint density at radius 3 is 2.15 bits per heavy atom. The number of benzene rings is 1. The van der Waals surface area contributed by atoms with Gasteiger partial charge >= 0.3 is 0 Å². The summed E-state index contributed by atoms with van der Waals surface area (Å²) >= 11 is 0. The highest BCUT2D eigenvalue weighted by Gasteiger charge is 2.38. The van der Waals surface area contributed by atoms with Crippen LogP contribution < -0.4 is 5.32 Å². The molecule has 0 aliphatic carbocycles. The molecule has 1 aromatic carbocycles. The molecule has 0 saturated carbocycles. The molecule has 0 atom stereocenters. The van der Waals surface area contributed by atoms with Gasteiger partial charge in [-0.1, -0.05) is 18.2 Å². The van der Waals surface area contributed by atoms with Gasteiger partial charge in [0.25, 0.3) is 0 Å². The third-order valence-corrected chi connectivity index (χ3v) is 6.74. The second-order valence-electron chi connectivity index (χ2n) is 5.97. The van der Waals surface area contributed by atoms with Gasteiger partial charge in [0.05, 0.1) is 4.90 Å². The SMILES string of the molecule is O=S(=O)(c1ccccc1)N1CCC2(CCNCC2)CC1. The predicted octanol–water partition coefficient (Wildman–Crippen LogP) is 1.84. The first-order valence-electron chi connectivity index (χ1n) is 7.38. The van der Waals surface area contributed by atoms with Gasteiger partial charge in [0.2, 0.25) is 10.0 Å². The van der Waals surface area contributed by atoms with Gasteiger partial charge in [-0.2, -0.15) is 4.31 Å². The quantitative estimate of drug-likeness (QED) is 0.905. The summed E-state index contributed by atoms with van der Waals surface area (Å²) in [5, 5.41) is 3.39. The van der Waals surface area contributed by atoms with E-state index in [1.807, 2.05) is 6.07 Å². The van der Waals surface area contributed by atoms with E-state index in [4.69, 9.17) is 0 Å². The number of sulfonamides is 1. The highest BCUT2D eigenvalue weighted by Crippen LogP contribution is 2.40. The predicted molar refractivity (Wildman–Crippen MR) is 79.0 cm³/mol. The number of hydrogen-bond donors (Lipinski definition) is 1. The summed E-state index contributed by atoms with van der Waals surface area (Å²) < 4.78 is 26.8. The van der Waals surface area contributed by atoms with E-state index >= 15 is 0 Å². The molecule has 0 radical (unpaired) electrons. The standard InChI is InChI=1S/C15H22N2O2S/c18-20(19,14-4-2-1-3-5-14)17-12-8-15(9-13-17)6-10-16-11-7-15/h1-5,16H,6-13H2. The van der Waals surface area contributed by atoms with Crippen LogP contribution in [0.15, 0.2) is 35.2 Å². The number of hydrogen-bond acceptors (Lipinski definition) is 3. The fourth-order valence-corrected chi connectivity index (χ4v) is 4.86. The van der Waals surface area contributed by atoms with Gasteiger partial charge in [0, 0.05) is 13.1 Å². The first-order valence-corrected chi connectivity index (χ1v) is 8.82. The van der Waals surface area contributed by atoms with Crippen molar-refractivity contribution in [2.24, 2.45) is 5.41 Å². The Labute approximate surface area is 121 Å². The van der Waals surface area contributed by atoms with Crippen molar-refractivity contribution in [1.29, 1.82) is 0 Å². The smallest absolute Gasteiger partial charge is 0.243 e. The average molecular weight is 294 g/mol. The summed E-state index contributed by atoms with van der Waals surface area (Å²) in [7, 11) is -3.30. The van der Waals surface area contributed by atoms with Crippen LogP contribution in [0.25, 0.3) is 0 Å². The minimum Gasteiger partial charge on any atom is -0.317 e. The minimum atomic E-state index is -3.30. The van der Waals surface area contributed by atoms with Crippen molar-refractivity contribution in [2.45, 2.75) is 30.6 Å². The molecule has 1 aromatic rings. The molecule has 0 unspecified atom stereocenters. The lowest BCUT2D eigenvalue weighted by atomic mass is 9.72. The molecule has 20 heavy (non-hydrogen) atoms. The second-order valence-corrected chi connectivity index (χ2v) is 7.91. The third kappa shape index (κ3) is 2.62. The van der Waals surface area contributed by atoms with Crippen molar-refractivity contribution in [3.63, 3.8) is 0 Å². The topological polar surface area (TPSA) is 49.4 Å². The van der Waals surface area contributed by atoms with Crippen LogP contribution in [0.5, 0.6) is 0 Å². The van der Waals surface area contributed by atoms with Gasteiger partial charge in [-0.05, 0) is 56.3 Å². The van der Waals surface area contributed by atoms with Crippen molar-refractivity contribution in [2.75, 3.05) is 26.2 Å². The van der Waals surface area contributed by atoms with Crippen molar-refractivity contribution >= 4 is 10.0 Å². The van der Waals surface area contributed by atoms with E-state index in [2.05, 4.69) is 5.32 Å². The lowest BCUT2D eigenvalue weighted by Gasteiger charge is -2.43. The van der Waals surface area contributed by atoms with Gasteiger partial charge in [-0.3, -0.25) is 0 Å². The van der Waals surface area contributed by atoms with Crippen LogP contribution in [0.2, 0.25) is 0 Å². The maximum absolute atomic E-state index is 12.6. The Morgan fingerprint density at radius 1 is 0.950 bits per heavy atom. The maximum Gasteiger partial charge on any atom is 0.243 e. The van der Waals surface area contributed by atoms with E-state index in [9.17, 15) is 8.42 Å². The van der Waals surface area contributed by atoms with Crippen molar-refractivity contribution in [3.8, 4) is 0 Å². The Morgan fingerprint density at radius 2 is 1.55 bits per heavy atom. The fraction of sp³-hybridized carbons (Fsp3) is 0.600. The Kier molecular flexibility index (Phi) is 3.84. The Hall–Kier alpha value is -0.910. The third-order valence-electron chi connectivity index (χ3n) is 4.83. The van der Waals surface area contributed by atoms with Gasteiger partial charge in [-0.15, -0.1) is 0 Å². The molecule has 110 valence electrons. The highest BCUT2D eigenvalue weighted by atomic mass is 32.2. The van der Waals surface area contributed by atoms with E-state index in [-0.39, 0.29) is 0 Å². The van der Waals surface area contributed by atoms with E-state index in [0.29, 0.717) is 23.4 Å². The summed E-state index contributed by atoms with van der Waals surface area (Å²) in [6.45, 7) is 3.48. The zero-order valence-corrected chi connectivity index (χ0v) is 12.5. The summed E-state index contributed by atoms with van der Waals surface area (Å²) in [5.41, 5.74) is 0.383. The Bertz CT molecular complexity index is 540. The number of piperidine rings is 2. The molecule has 1 N–H and O–H groups in total. The molecule has 2 saturated heterocycles. The lowest BCUT2D eigenvalue weighted by Crippen LogP contribution is -2.47. The summed E-state index contributed by atoms with van der Waals surface area (Å²) in [5.74, 6) is 0. The van der Waals surface area contributed by atoms with Crippen LogP contribution in [0.3, 0.4) is 0 Å². The minimum absolute atomic E-state index is 0.383. The molecule has 0 bridgehead atoms. The van der Waals surface area contributed by atoms with Crippen molar-refractivity contribution < 1.29 is 8.42 Å². The fourth-order valence-electron chi connectivity index (χ4n) is 3.40. The van der Waals surface area contributed by atoms with Crippen LogP contribution in [-0.2, 0) is 10.0 Å². The summed E-state index contributed by atoms with van der Waals surface area (Å²) in [6, 6.07) is 8.78. The summed E-state index contributed by atoms with van der Waals surface area (Å²) in [6.07, 6.45) is 4.37. The number of rotatable bonds is 2. The lowest BCUT2D eigenvalue weighted by molar-refractivity contribution is 0.110. The molecule has 2 aliphatic heterocycles. The molecular weight excluding hydrogens is 272 g/mol. The van der Waals surface area contributed by atoms with Gasteiger partial charge in [0.1, 0.15) is 0 Å². The normalized spacial score (nSPS) is 23.8. The van der Waals surface area contributed by atoms with Crippen molar-refractivity contribution in [3.05, 3.63) is 30.3 Å². The van der Waals surface area contributed by atoms with E-state index in [1.54, 1.807) is 28.6 Å². The van der Waals surface area contributed by atoms with E-state index in [0.717, 1.165) is 25.9 Å². The molecule has 1 spiro atoms. The molecule has 0 amide bonds. The van der Waals surface area contributed by atoms with E-state index < -0.39 is 10.0 Å². The molecule has 2 fully saturated rings. The van der Waals surface area contributed by atoms with Gasteiger partial charge in [0.15, 0.2) is 0 Å². The number of nitrogens with one attached hydrogen (secondary N) is 1. The van der Waals surface area contributed by atoms with Gasteiger partial charge < -0.3 is 5.32 Å². The van der Waals surface area contributed by atoms with Crippen LogP contribution in [0, 0.1) is 5.41 Å². The highest BCUT2D eigenvalue weighted by molar-refractivity contribution is 7.89. The second kappa shape index (κ2) is 5.47. The summed E-state index contributed by atoms with van der Waals surface area (Å²) in [4.78, 5) is 0.418. The van der Waals surface area contributed by atoms with Crippen LogP contribution >= 0.6 is 0 Å². The van der Waals surface area contributed by atoms with Crippen LogP contribution in [-0.4, -0.2) is 38.9 Å². The van der Waals surface area contributed by atoms with E-state index in [1.165, 1.54) is 12.8 Å². The molecule has 5 heteroatoms. The Balaban J connectivity index is 1.72. The monoisotopic (exact) mass is 294 g/mol. The molecule has 0 aromatic heterocycles.